The lowest BCUT2D eigenvalue weighted by Crippen LogP contribution is -2.55. The molecule has 3 heterocycles. The van der Waals surface area contributed by atoms with Crippen LogP contribution < -0.4 is 9.64 Å². The Morgan fingerprint density at radius 1 is 1.33 bits per heavy atom. The number of aliphatic carboxylic acids is 1. The first-order valence-corrected chi connectivity index (χ1v) is 12.2. The van der Waals surface area contributed by atoms with Gasteiger partial charge in [0.15, 0.2) is 0 Å². The van der Waals surface area contributed by atoms with Gasteiger partial charge in [0.1, 0.15) is 11.8 Å². The summed E-state index contributed by atoms with van der Waals surface area (Å²) in [4.78, 5) is 43.0. The van der Waals surface area contributed by atoms with Crippen LogP contribution in [0, 0.1) is 11.8 Å². The fourth-order valence-corrected chi connectivity index (χ4v) is 7.92. The van der Waals surface area contributed by atoms with Crippen LogP contribution in [-0.4, -0.2) is 75.7 Å². The van der Waals surface area contributed by atoms with Crippen LogP contribution in [0.2, 0.25) is 0 Å². The summed E-state index contributed by atoms with van der Waals surface area (Å²) in [6, 6.07) is 6.38. The summed E-state index contributed by atoms with van der Waals surface area (Å²) < 4.78 is 4.49. The molecule has 3 fully saturated rings. The maximum Gasteiger partial charge on any atom is 0.308 e. The van der Waals surface area contributed by atoms with Crippen molar-refractivity contribution in [2.24, 2.45) is 11.8 Å². The highest BCUT2D eigenvalue weighted by Crippen LogP contribution is 2.66. The number of ether oxygens (including phenoxy) is 1. The summed E-state index contributed by atoms with van der Waals surface area (Å²) in [7, 11) is 1.57. The average molecular weight is 475 g/mol. The highest BCUT2D eigenvalue weighted by molar-refractivity contribution is 8.02. The van der Waals surface area contributed by atoms with E-state index in [9.17, 15) is 24.6 Å². The zero-order valence-electron chi connectivity index (χ0n) is 18.7. The molecule has 1 aromatic rings. The Morgan fingerprint density at radius 3 is 2.67 bits per heavy atom. The van der Waals surface area contributed by atoms with Gasteiger partial charge in [0.05, 0.1) is 23.7 Å². The third-order valence-electron chi connectivity index (χ3n) is 7.09. The molecule has 0 saturated carbocycles. The average Bonchev–Trinajstić information content (AvgIpc) is 3.45. The SMILES string of the molecule is C=CCN(C(=O)C1N(CCCCO)C(=O)[C@@H]2[C@@H](C(=O)O)[C@H]3CCC12S3)c1ccc(OC)cc1. The molecule has 2 bridgehead atoms. The normalized spacial score (nSPS) is 29.8. The number of benzene rings is 1. The van der Waals surface area contributed by atoms with E-state index in [4.69, 9.17) is 4.74 Å². The summed E-state index contributed by atoms with van der Waals surface area (Å²) in [5, 5.41) is 19.0. The van der Waals surface area contributed by atoms with Crippen LogP contribution in [0.1, 0.15) is 25.7 Å². The third kappa shape index (κ3) is 3.81. The van der Waals surface area contributed by atoms with E-state index in [0.29, 0.717) is 43.7 Å². The predicted octanol–water partition coefficient (Wildman–Crippen LogP) is 2.16. The number of rotatable bonds is 10. The molecule has 3 aliphatic heterocycles. The highest BCUT2D eigenvalue weighted by Gasteiger charge is 2.73. The van der Waals surface area contributed by atoms with E-state index in [-0.39, 0.29) is 30.2 Å². The first kappa shape index (κ1) is 23.6. The largest absolute Gasteiger partial charge is 0.497 e. The number of anilines is 1. The Morgan fingerprint density at radius 2 is 2.06 bits per heavy atom. The Labute approximate surface area is 197 Å². The van der Waals surface area contributed by atoms with Crippen LogP contribution in [0.15, 0.2) is 36.9 Å². The molecule has 1 spiro atoms. The minimum atomic E-state index is -0.964. The van der Waals surface area contributed by atoms with Crippen molar-refractivity contribution in [2.75, 3.05) is 31.7 Å². The number of unbranched alkanes of at least 4 members (excludes halogenated alkanes) is 1. The molecule has 1 aromatic carbocycles. The van der Waals surface area contributed by atoms with E-state index in [1.54, 1.807) is 47.3 Å². The monoisotopic (exact) mass is 474 g/mol. The third-order valence-corrected chi connectivity index (χ3v) is 9.04. The standard InChI is InChI=1S/C24H30N2O6S/c1-3-12-25(15-6-8-16(32-2)9-7-15)22(29)20-24-11-10-17(33-24)18(23(30)31)19(24)21(28)26(20)13-4-5-14-27/h3,6-9,17-20,27H,1,4-5,10-14H2,2H3,(H,30,31)/t17-,18+,19+,20?,24?/m1/s1. The van der Waals surface area contributed by atoms with E-state index >= 15 is 0 Å². The van der Waals surface area contributed by atoms with Crippen molar-refractivity contribution < 1.29 is 29.3 Å². The van der Waals surface area contributed by atoms with Gasteiger partial charge in [-0.3, -0.25) is 14.4 Å². The van der Waals surface area contributed by atoms with Crippen molar-refractivity contribution in [2.45, 2.75) is 41.7 Å². The zero-order chi connectivity index (χ0) is 23.8. The second kappa shape index (κ2) is 9.38. The van der Waals surface area contributed by atoms with Crippen LogP contribution in [-0.2, 0) is 14.4 Å². The van der Waals surface area contributed by atoms with Gasteiger partial charge in [-0.15, -0.1) is 18.3 Å². The lowest BCUT2D eigenvalue weighted by Gasteiger charge is -2.37. The minimum absolute atomic E-state index is 0.00176. The Hall–Kier alpha value is -2.52. The number of fused-ring (bicyclic) bond motifs is 1. The van der Waals surface area contributed by atoms with Gasteiger partial charge >= 0.3 is 5.97 Å². The molecule has 0 radical (unpaired) electrons. The summed E-state index contributed by atoms with van der Waals surface area (Å²) in [5.41, 5.74) is 0.663. The second-order valence-electron chi connectivity index (χ2n) is 8.79. The van der Waals surface area contributed by atoms with Gasteiger partial charge in [0.2, 0.25) is 5.91 Å². The first-order valence-electron chi connectivity index (χ1n) is 11.3. The topological polar surface area (TPSA) is 107 Å². The number of carbonyl (C=O) groups is 3. The molecule has 8 nitrogen and oxygen atoms in total. The molecule has 178 valence electrons. The van der Waals surface area contributed by atoms with Crippen LogP contribution in [0.3, 0.4) is 0 Å². The Kier molecular flexibility index (Phi) is 6.72. The quantitative estimate of drug-likeness (QED) is 0.395. The molecular formula is C24H30N2O6S. The van der Waals surface area contributed by atoms with E-state index < -0.39 is 28.6 Å². The molecule has 33 heavy (non-hydrogen) atoms. The van der Waals surface area contributed by atoms with Crippen molar-refractivity contribution >= 4 is 35.2 Å². The van der Waals surface area contributed by atoms with E-state index in [1.165, 1.54) is 11.8 Å². The first-order chi connectivity index (χ1) is 15.9. The number of methoxy groups -OCH3 is 1. The van der Waals surface area contributed by atoms with Crippen molar-refractivity contribution in [3.05, 3.63) is 36.9 Å². The molecule has 2 unspecified atom stereocenters. The number of amides is 2. The molecule has 4 rings (SSSR count). The number of carbonyl (C=O) groups excluding carboxylic acids is 2. The van der Waals surface area contributed by atoms with Crippen molar-refractivity contribution in [3.8, 4) is 5.75 Å². The molecular weight excluding hydrogens is 444 g/mol. The number of carboxylic acids is 1. The molecule has 2 N–H and O–H groups in total. The van der Waals surface area contributed by atoms with Crippen molar-refractivity contribution in [3.63, 3.8) is 0 Å². The molecule has 3 aliphatic rings. The Bertz CT molecular complexity index is 937. The summed E-state index contributed by atoms with van der Waals surface area (Å²) in [5.74, 6) is -2.25. The molecule has 3 saturated heterocycles. The molecule has 0 aliphatic carbocycles. The highest BCUT2D eigenvalue weighted by atomic mass is 32.2. The van der Waals surface area contributed by atoms with Gasteiger partial charge in [0.25, 0.3) is 5.91 Å². The zero-order valence-corrected chi connectivity index (χ0v) is 19.5. The van der Waals surface area contributed by atoms with Gasteiger partial charge in [0, 0.05) is 30.6 Å². The van der Waals surface area contributed by atoms with Crippen LogP contribution in [0.25, 0.3) is 0 Å². The van der Waals surface area contributed by atoms with Crippen LogP contribution in [0.5, 0.6) is 5.75 Å². The van der Waals surface area contributed by atoms with Gasteiger partial charge in [-0.05, 0) is 49.9 Å². The van der Waals surface area contributed by atoms with Crippen molar-refractivity contribution in [1.82, 2.24) is 4.90 Å². The van der Waals surface area contributed by atoms with Crippen molar-refractivity contribution in [1.29, 1.82) is 0 Å². The van der Waals surface area contributed by atoms with Gasteiger partial charge < -0.3 is 24.7 Å². The molecule has 2 amide bonds. The lowest BCUT2D eigenvalue weighted by molar-refractivity contribution is -0.148. The second-order valence-corrected chi connectivity index (χ2v) is 10.4. The van der Waals surface area contributed by atoms with Gasteiger partial charge in [-0.25, -0.2) is 0 Å². The minimum Gasteiger partial charge on any atom is -0.497 e. The Balaban J connectivity index is 1.73. The number of likely N-dealkylation sites (tertiary alicyclic amines) is 1. The maximum atomic E-state index is 14.1. The number of carboxylic acid groups (broad SMARTS) is 1. The van der Waals surface area contributed by atoms with Gasteiger partial charge in [-0.1, -0.05) is 6.08 Å². The number of aliphatic hydroxyl groups excluding tert-OH is 1. The summed E-state index contributed by atoms with van der Waals surface area (Å²) in [6.45, 7) is 4.38. The number of nitrogens with zero attached hydrogens (tertiary/aromatic N) is 2. The number of thioether (sulfide) groups is 1. The fourth-order valence-electron chi connectivity index (χ4n) is 5.71. The van der Waals surface area contributed by atoms with E-state index in [2.05, 4.69) is 6.58 Å². The van der Waals surface area contributed by atoms with E-state index in [0.717, 1.165) is 0 Å². The predicted molar refractivity (Wildman–Crippen MR) is 125 cm³/mol. The van der Waals surface area contributed by atoms with Crippen LogP contribution >= 0.6 is 11.8 Å². The lowest BCUT2D eigenvalue weighted by atomic mass is 9.71. The molecule has 5 atom stereocenters. The summed E-state index contributed by atoms with van der Waals surface area (Å²) >= 11 is 1.52. The van der Waals surface area contributed by atoms with E-state index in [1.807, 2.05) is 0 Å². The van der Waals surface area contributed by atoms with Crippen LogP contribution in [0.4, 0.5) is 5.69 Å². The number of hydrogen-bond donors (Lipinski definition) is 2. The van der Waals surface area contributed by atoms with Gasteiger partial charge in [-0.2, -0.15) is 0 Å². The smallest absolute Gasteiger partial charge is 0.308 e. The number of hydrogen-bond acceptors (Lipinski definition) is 6. The number of aliphatic hydroxyl groups is 1. The summed E-state index contributed by atoms with van der Waals surface area (Å²) in [6.07, 6.45) is 4.02. The molecule has 0 aromatic heterocycles. The maximum absolute atomic E-state index is 14.1. The molecule has 9 heteroatoms. The fraction of sp³-hybridized carbons (Fsp3) is 0.542.